The average molecular weight is 361 g/mol. The van der Waals surface area contributed by atoms with Gasteiger partial charge in [0, 0.05) is 43.8 Å². The first-order valence-corrected chi connectivity index (χ1v) is 9.38. The van der Waals surface area contributed by atoms with Gasteiger partial charge < -0.3 is 15.5 Å². The third-order valence-electron chi connectivity index (χ3n) is 4.20. The number of carbonyl (C=O) groups is 1. The van der Waals surface area contributed by atoms with Crippen molar-refractivity contribution in [2.45, 2.75) is 24.9 Å². The molecule has 2 heterocycles. The predicted octanol–water partition coefficient (Wildman–Crippen LogP) is 2.03. The van der Waals surface area contributed by atoms with Crippen LogP contribution in [-0.4, -0.2) is 51.6 Å². The molecule has 1 aromatic heterocycles. The number of tetrazole rings is 1. The fraction of sp³-hybridized carbons (Fsp3) is 0.500. The molecule has 1 aromatic carbocycles. The van der Waals surface area contributed by atoms with Gasteiger partial charge in [0.05, 0.1) is 0 Å². The van der Waals surface area contributed by atoms with E-state index in [1.165, 1.54) is 30.3 Å². The standard InChI is InChI=1S/C16H23N7OS/c1-12-13(6-5-7-14(12)23-9-3-4-10-23)18-15(24)17-8-11-25-16-19-20-21-22(16)2/h5-7H,3-4,8-11H2,1-2H3,(H2,17,18,24). The van der Waals surface area contributed by atoms with E-state index >= 15 is 0 Å². The highest BCUT2D eigenvalue weighted by molar-refractivity contribution is 7.99. The maximum Gasteiger partial charge on any atom is 0.319 e. The number of hydrogen-bond acceptors (Lipinski definition) is 6. The van der Waals surface area contributed by atoms with Crippen LogP contribution in [0, 0.1) is 6.92 Å². The number of rotatable bonds is 6. The van der Waals surface area contributed by atoms with Crippen molar-refractivity contribution < 1.29 is 4.79 Å². The molecule has 1 aliphatic heterocycles. The van der Waals surface area contributed by atoms with Gasteiger partial charge in [-0.15, -0.1) is 5.10 Å². The second-order valence-corrected chi connectivity index (χ2v) is 7.02. The van der Waals surface area contributed by atoms with Crippen molar-refractivity contribution in [3.63, 3.8) is 0 Å². The molecule has 2 amide bonds. The second-order valence-electron chi connectivity index (χ2n) is 5.96. The number of thioether (sulfide) groups is 1. The van der Waals surface area contributed by atoms with Crippen molar-refractivity contribution in [2.75, 3.05) is 35.6 Å². The molecule has 0 radical (unpaired) electrons. The van der Waals surface area contributed by atoms with E-state index in [0.29, 0.717) is 12.3 Å². The van der Waals surface area contributed by atoms with E-state index in [1.54, 1.807) is 11.7 Å². The number of urea groups is 1. The van der Waals surface area contributed by atoms with Gasteiger partial charge in [0.25, 0.3) is 0 Å². The second kappa shape index (κ2) is 8.19. The first-order chi connectivity index (χ1) is 12.1. The van der Waals surface area contributed by atoms with Crippen LogP contribution in [0.15, 0.2) is 23.4 Å². The number of anilines is 2. The summed E-state index contributed by atoms with van der Waals surface area (Å²) in [4.78, 5) is 14.5. The molecule has 0 spiro atoms. The van der Waals surface area contributed by atoms with Crippen molar-refractivity contribution in [2.24, 2.45) is 7.05 Å². The van der Waals surface area contributed by atoms with Crippen LogP contribution in [-0.2, 0) is 7.05 Å². The summed E-state index contributed by atoms with van der Waals surface area (Å²) in [6.45, 7) is 4.77. The SMILES string of the molecule is Cc1c(NC(=O)NCCSc2nnnn2C)cccc1N1CCCC1. The zero-order chi connectivity index (χ0) is 17.6. The Kier molecular flexibility index (Phi) is 5.75. The Labute approximate surface area is 151 Å². The minimum Gasteiger partial charge on any atom is -0.371 e. The summed E-state index contributed by atoms with van der Waals surface area (Å²) >= 11 is 1.50. The minimum absolute atomic E-state index is 0.196. The molecule has 134 valence electrons. The lowest BCUT2D eigenvalue weighted by Gasteiger charge is -2.22. The molecule has 0 aliphatic carbocycles. The van der Waals surface area contributed by atoms with Crippen molar-refractivity contribution in [1.82, 2.24) is 25.5 Å². The molecule has 0 atom stereocenters. The average Bonchev–Trinajstić information content (AvgIpc) is 3.26. The summed E-state index contributed by atoms with van der Waals surface area (Å²) in [5.74, 6) is 0.703. The van der Waals surface area contributed by atoms with E-state index in [9.17, 15) is 4.79 Å². The summed E-state index contributed by atoms with van der Waals surface area (Å²) in [5.41, 5.74) is 3.17. The molecule has 2 aromatic rings. The molecular weight excluding hydrogens is 338 g/mol. The van der Waals surface area contributed by atoms with Crippen LogP contribution in [0.25, 0.3) is 0 Å². The lowest BCUT2D eigenvalue weighted by Crippen LogP contribution is -2.31. The van der Waals surface area contributed by atoms with E-state index in [2.05, 4.69) is 44.0 Å². The van der Waals surface area contributed by atoms with Crippen LogP contribution in [0.1, 0.15) is 18.4 Å². The number of hydrogen-bond donors (Lipinski definition) is 2. The quantitative estimate of drug-likeness (QED) is 0.605. The van der Waals surface area contributed by atoms with Gasteiger partial charge in [-0.3, -0.25) is 0 Å². The lowest BCUT2D eigenvalue weighted by atomic mass is 10.1. The first-order valence-electron chi connectivity index (χ1n) is 8.39. The highest BCUT2D eigenvalue weighted by Crippen LogP contribution is 2.29. The van der Waals surface area contributed by atoms with Crippen molar-refractivity contribution >= 4 is 29.2 Å². The van der Waals surface area contributed by atoms with Gasteiger partial charge in [0.2, 0.25) is 5.16 Å². The van der Waals surface area contributed by atoms with Crippen LogP contribution in [0.3, 0.4) is 0 Å². The van der Waals surface area contributed by atoms with Gasteiger partial charge in [-0.25, -0.2) is 9.48 Å². The molecule has 25 heavy (non-hydrogen) atoms. The molecule has 3 rings (SSSR count). The third-order valence-corrected chi connectivity index (χ3v) is 5.21. The van der Waals surface area contributed by atoms with E-state index < -0.39 is 0 Å². The molecule has 0 saturated carbocycles. The summed E-state index contributed by atoms with van der Waals surface area (Å²) < 4.78 is 1.61. The van der Waals surface area contributed by atoms with Crippen LogP contribution >= 0.6 is 11.8 Å². The Bertz CT molecular complexity index is 727. The fourth-order valence-corrected chi connectivity index (χ4v) is 3.58. The first kappa shape index (κ1) is 17.5. The number of nitrogens with zero attached hydrogens (tertiary/aromatic N) is 5. The molecule has 9 heteroatoms. The Morgan fingerprint density at radius 3 is 2.84 bits per heavy atom. The summed E-state index contributed by atoms with van der Waals surface area (Å²) in [5, 5.41) is 17.8. The van der Waals surface area contributed by atoms with Gasteiger partial charge in [0.15, 0.2) is 0 Å². The van der Waals surface area contributed by atoms with E-state index in [-0.39, 0.29) is 6.03 Å². The summed E-state index contributed by atoms with van der Waals surface area (Å²) in [6, 6.07) is 5.86. The predicted molar refractivity (Wildman–Crippen MR) is 99.2 cm³/mol. The maximum atomic E-state index is 12.1. The molecule has 0 bridgehead atoms. The van der Waals surface area contributed by atoms with Crippen molar-refractivity contribution in [1.29, 1.82) is 0 Å². The van der Waals surface area contributed by atoms with Crippen LogP contribution < -0.4 is 15.5 Å². The van der Waals surface area contributed by atoms with Crippen LogP contribution in [0.5, 0.6) is 0 Å². The Morgan fingerprint density at radius 1 is 1.32 bits per heavy atom. The van der Waals surface area contributed by atoms with Gasteiger partial charge in [-0.1, -0.05) is 17.8 Å². The van der Waals surface area contributed by atoms with Crippen LogP contribution in [0.4, 0.5) is 16.2 Å². The number of nitrogens with one attached hydrogen (secondary N) is 2. The molecule has 1 fully saturated rings. The van der Waals surface area contributed by atoms with E-state index in [1.807, 2.05) is 12.1 Å². The molecule has 8 nitrogen and oxygen atoms in total. The Morgan fingerprint density at radius 2 is 2.12 bits per heavy atom. The van der Waals surface area contributed by atoms with Crippen molar-refractivity contribution in [3.8, 4) is 0 Å². The zero-order valence-corrected chi connectivity index (χ0v) is 15.3. The molecule has 1 aliphatic rings. The normalized spacial score (nSPS) is 13.9. The number of amides is 2. The topological polar surface area (TPSA) is 88.0 Å². The summed E-state index contributed by atoms with van der Waals surface area (Å²) in [6.07, 6.45) is 2.46. The fourth-order valence-electron chi connectivity index (χ4n) is 2.88. The van der Waals surface area contributed by atoms with Gasteiger partial charge in [-0.2, -0.15) is 0 Å². The third kappa shape index (κ3) is 4.41. The van der Waals surface area contributed by atoms with Crippen LogP contribution in [0.2, 0.25) is 0 Å². The number of benzene rings is 1. The van der Waals surface area contributed by atoms with Gasteiger partial charge in [-0.05, 0) is 47.9 Å². The van der Waals surface area contributed by atoms with Crippen molar-refractivity contribution in [3.05, 3.63) is 23.8 Å². The molecule has 2 N–H and O–H groups in total. The zero-order valence-electron chi connectivity index (χ0n) is 14.5. The number of aryl methyl sites for hydroxylation is 1. The molecule has 1 saturated heterocycles. The highest BCUT2D eigenvalue weighted by Gasteiger charge is 2.16. The van der Waals surface area contributed by atoms with E-state index in [0.717, 1.165) is 29.5 Å². The monoisotopic (exact) mass is 361 g/mol. The number of carbonyl (C=O) groups excluding carboxylic acids is 1. The highest BCUT2D eigenvalue weighted by atomic mass is 32.2. The summed E-state index contributed by atoms with van der Waals surface area (Å²) in [7, 11) is 1.79. The lowest BCUT2D eigenvalue weighted by molar-refractivity contribution is 0.252. The number of aromatic nitrogens is 4. The Balaban J connectivity index is 1.49. The largest absolute Gasteiger partial charge is 0.371 e. The Hall–Kier alpha value is -2.29. The van der Waals surface area contributed by atoms with E-state index in [4.69, 9.17) is 0 Å². The maximum absolute atomic E-state index is 12.1. The molecular formula is C16H23N7OS. The molecule has 0 unspecified atom stereocenters. The van der Waals surface area contributed by atoms with Gasteiger partial charge >= 0.3 is 6.03 Å². The van der Waals surface area contributed by atoms with Gasteiger partial charge in [0.1, 0.15) is 0 Å². The smallest absolute Gasteiger partial charge is 0.319 e. The minimum atomic E-state index is -0.196.